The van der Waals surface area contributed by atoms with Gasteiger partial charge >= 0.3 is 5.97 Å². The molecule has 1 amide bonds. The van der Waals surface area contributed by atoms with Gasteiger partial charge in [0.05, 0.1) is 11.8 Å². The highest BCUT2D eigenvalue weighted by atomic mass is 16.4. The lowest BCUT2D eigenvalue weighted by molar-refractivity contribution is -0.137. The number of hydrogen-bond donors (Lipinski definition) is 2. The number of amides is 1. The van der Waals surface area contributed by atoms with E-state index in [1.165, 1.54) is 4.68 Å². The lowest BCUT2D eigenvalue weighted by atomic mass is 9.81. The number of rotatable bonds is 6. The topological polar surface area (TPSA) is 114 Å². The van der Waals surface area contributed by atoms with Crippen LogP contribution in [-0.4, -0.2) is 38.5 Å². The van der Waals surface area contributed by atoms with Crippen LogP contribution in [0.1, 0.15) is 32.1 Å². The normalized spacial score (nSPS) is 20.0. The van der Waals surface area contributed by atoms with E-state index in [0.717, 1.165) is 25.7 Å². The summed E-state index contributed by atoms with van der Waals surface area (Å²) < 4.78 is 1.42. The molecule has 2 N–H and O–H groups in total. The van der Waals surface area contributed by atoms with Gasteiger partial charge in [-0.3, -0.25) is 14.4 Å². The maximum absolute atomic E-state index is 12.5. The van der Waals surface area contributed by atoms with E-state index in [1.807, 2.05) is 12.1 Å². The lowest BCUT2D eigenvalue weighted by Gasteiger charge is -2.27. The highest BCUT2D eigenvalue weighted by Gasteiger charge is 2.27. The third-order valence-corrected chi connectivity index (χ3v) is 4.92. The summed E-state index contributed by atoms with van der Waals surface area (Å²) in [5.41, 5.74) is 0.458. The van der Waals surface area contributed by atoms with Gasteiger partial charge in [0.1, 0.15) is 5.52 Å². The van der Waals surface area contributed by atoms with Crippen molar-refractivity contribution in [3.8, 4) is 0 Å². The molecule has 0 aliphatic heterocycles. The number of aromatic nitrogens is 3. The zero-order chi connectivity index (χ0) is 18.5. The first-order valence-corrected chi connectivity index (χ1v) is 8.86. The summed E-state index contributed by atoms with van der Waals surface area (Å²) in [7, 11) is 0. The van der Waals surface area contributed by atoms with Gasteiger partial charge in [-0.2, -0.15) is 0 Å². The third kappa shape index (κ3) is 4.25. The van der Waals surface area contributed by atoms with Crippen LogP contribution in [0.5, 0.6) is 0 Å². The highest BCUT2D eigenvalue weighted by molar-refractivity contribution is 5.79. The summed E-state index contributed by atoms with van der Waals surface area (Å²) in [6, 6.07) is 7.15. The molecule has 0 unspecified atom stereocenters. The molecule has 1 heterocycles. The van der Waals surface area contributed by atoms with Crippen LogP contribution in [0.2, 0.25) is 0 Å². The number of carbonyl (C=O) groups excluding carboxylic acids is 1. The van der Waals surface area contributed by atoms with Crippen LogP contribution < -0.4 is 10.9 Å². The van der Waals surface area contributed by atoms with Crippen molar-refractivity contribution < 1.29 is 14.7 Å². The number of nitrogens with one attached hydrogen (secondary N) is 1. The first-order chi connectivity index (χ1) is 12.5. The van der Waals surface area contributed by atoms with Crippen molar-refractivity contribution >= 4 is 22.8 Å². The molecule has 0 bridgehead atoms. The van der Waals surface area contributed by atoms with Crippen LogP contribution in [0.4, 0.5) is 0 Å². The number of carbonyl (C=O) groups is 2. The number of carboxylic acid groups (broad SMARTS) is 1. The standard InChI is InChI=1S/C18H22N4O4/c23-16(24)9-10-19-17(25)13-7-5-12(6-8-13)11-22-18(26)14-3-1-2-4-15(14)20-21-22/h1-4,12-13H,5-11H2,(H,19,25)(H,23,24). The van der Waals surface area contributed by atoms with Crippen molar-refractivity contribution in [2.24, 2.45) is 11.8 Å². The Labute approximate surface area is 150 Å². The van der Waals surface area contributed by atoms with Crippen LogP contribution in [0.25, 0.3) is 10.9 Å². The Morgan fingerprint density at radius 1 is 1.19 bits per heavy atom. The summed E-state index contributed by atoms with van der Waals surface area (Å²) >= 11 is 0. The maximum Gasteiger partial charge on any atom is 0.305 e. The van der Waals surface area contributed by atoms with Crippen LogP contribution in [0.3, 0.4) is 0 Å². The highest BCUT2D eigenvalue weighted by Crippen LogP contribution is 2.29. The third-order valence-electron chi connectivity index (χ3n) is 4.92. The molecule has 1 fully saturated rings. The minimum absolute atomic E-state index is 0.0648. The predicted molar refractivity (Wildman–Crippen MR) is 94.5 cm³/mol. The summed E-state index contributed by atoms with van der Waals surface area (Å²) in [4.78, 5) is 35.1. The van der Waals surface area contributed by atoms with E-state index in [4.69, 9.17) is 5.11 Å². The van der Waals surface area contributed by atoms with Crippen LogP contribution in [0, 0.1) is 11.8 Å². The van der Waals surface area contributed by atoms with Gasteiger partial charge < -0.3 is 10.4 Å². The molecule has 2 aromatic rings. The molecule has 138 valence electrons. The molecule has 8 nitrogen and oxygen atoms in total. The monoisotopic (exact) mass is 358 g/mol. The fourth-order valence-corrected chi connectivity index (χ4v) is 3.43. The molecule has 26 heavy (non-hydrogen) atoms. The average Bonchev–Trinajstić information content (AvgIpc) is 2.64. The molecule has 0 radical (unpaired) electrons. The van der Waals surface area contributed by atoms with Crippen molar-refractivity contribution in [3.05, 3.63) is 34.6 Å². The fraction of sp³-hybridized carbons (Fsp3) is 0.500. The zero-order valence-corrected chi connectivity index (χ0v) is 14.4. The van der Waals surface area contributed by atoms with Gasteiger partial charge in [-0.1, -0.05) is 17.3 Å². The zero-order valence-electron chi connectivity index (χ0n) is 14.4. The first-order valence-electron chi connectivity index (χ1n) is 8.86. The van der Waals surface area contributed by atoms with Gasteiger partial charge in [-0.25, -0.2) is 4.68 Å². The number of hydrogen-bond acceptors (Lipinski definition) is 5. The van der Waals surface area contributed by atoms with Crippen LogP contribution in [-0.2, 0) is 16.1 Å². The van der Waals surface area contributed by atoms with Crippen molar-refractivity contribution in [1.29, 1.82) is 0 Å². The number of aliphatic carboxylic acids is 1. The average molecular weight is 358 g/mol. The van der Waals surface area contributed by atoms with Crippen molar-refractivity contribution in [3.63, 3.8) is 0 Å². The Morgan fingerprint density at radius 2 is 1.92 bits per heavy atom. The molecular weight excluding hydrogens is 336 g/mol. The van der Waals surface area contributed by atoms with E-state index in [2.05, 4.69) is 15.6 Å². The van der Waals surface area contributed by atoms with Gasteiger partial charge in [-0.05, 0) is 43.7 Å². The predicted octanol–water partition coefficient (Wildman–Crippen LogP) is 1.19. The summed E-state index contributed by atoms with van der Waals surface area (Å²) in [5, 5.41) is 20.0. The van der Waals surface area contributed by atoms with Gasteiger partial charge in [0.15, 0.2) is 0 Å². The number of nitrogens with zero attached hydrogens (tertiary/aromatic N) is 3. The minimum atomic E-state index is -0.920. The lowest BCUT2D eigenvalue weighted by Crippen LogP contribution is -2.35. The number of fused-ring (bicyclic) bond motifs is 1. The molecule has 1 aliphatic carbocycles. The van der Waals surface area contributed by atoms with Gasteiger partial charge in [0.2, 0.25) is 5.91 Å². The molecule has 0 atom stereocenters. The largest absolute Gasteiger partial charge is 0.481 e. The summed E-state index contributed by atoms with van der Waals surface area (Å²) in [6.07, 6.45) is 3.07. The second-order valence-electron chi connectivity index (χ2n) is 6.75. The van der Waals surface area contributed by atoms with E-state index >= 15 is 0 Å². The molecule has 3 rings (SSSR count). The number of carboxylic acids is 1. The fourth-order valence-electron chi connectivity index (χ4n) is 3.43. The van der Waals surface area contributed by atoms with E-state index in [-0.39, 0.29) is 36.3 Å². The second kappa shape index (κ2) is 8.07. The minimum Gasteiger partial charge on any atom is -0.481 e. The first kappa shape index (κ1) is 18.0. The van der Waals surface area contributed by atoms with Gasteiger partial charge in [0.25, 0.3) is 5.56 Å². The molecule has 8 heteroatoms. The van der Waals surface area contributed by atoms with Crippen molar-refractivity contribution in [2.75, 3.05) is 6.54 Å². The SMILES string of the molecule is O=C(O)CCNC(=O)C1CCC(Cn2nnc3ccccc3c2=O)CC1. The van der Waals surface area contributed by atoms with Gasteiger partial charge in [0, 0.05) is 19.0 Å². The van der Waals surface area contributed by atoms with E-state index in [1.54, 1.807) is 12.1 Å². The molecule has 1 aromatic heterocycles. The van der Waals surface area contributed by atoms with E-state index in [0.29, 0.717) is 17.4 Å². The Hall–Kier alpha value is -2.77. The van der Waals surface area contributed by atoms with E-state index in [9.17, 15) is 14.4 Å². The molecule has 0 saturated heterocycles. The molecule has 1 saturated carbocycles. The molecule has 1 aliphatic rings. The van der Waals surface area contributed by atoms with Crippen molar-refractivity contribution in [2.45, 2.75) is 38.6 Å². The van der Waals surface area contributed by atoms with Crippen molar-refractivity contribution in [1.82, 2.24) is 20.3 Å². The Morgan fingerprint density at radius 3 is 2.65 bits per heavy atom. The van der Waals surface area contributed by atoms with Crippen LogP contribution in [0.15, 0.2) is 29.1 Å². The molecule has 1 aromatic carbocycles. The quantitative estimate of drug-likeness (QED) is 0.802. The maximum atomic E-state index is 12.5. The Balaban J connectivity index is 1.54. The molecule has 0 spiro atoms. The smallest absolute Gasteiger partial charge is 0.305 e. The summed E-state index contributed by atoms with van der Waals surface area (Å²) in [6.45, 7) is 0.667. The number of benzene rings is 1. The summed E-state index contributed by atoms with van der Waals surface area (Å²) in [5.74, 6) is -0.797. The van der Waals surface area contributed by atoms with Gasteiger partial charge in [-0.15, -0.1) is 5.10 Å². The van der Waals surface area contributed by atoms with Crippen LogP contribution >= 0.6 is 0 Å². The second-order valence-corrected chi connectivity index (χ2v) is 6.75. The Bertz CT molecular complexity index is 856. The molecular formula is C18H22N4O4. The van der Waals surface area contributed by atoms with E-state index < -0.39 is 5.97 Å². The Kier molecular flexibility index (Phi) is 5.60.